The summed E-state index contributed by atoms with van der Waals surface area (Å²) in [6.45, 7) is 7.57. The predicted octanol–water partition coefficient (Wildman–Crippen LogP) is 1.78. The monoisotopic (exact) mass is 259 g/mol. The van der Waals surface area contributed by atoms with Gasteiger partial charge in [-0.1, -0.05) is 0 Å². The van der Waals surface area contributed by atoms with Gasteiger partial charge in [-0.05, 0) is 40.0 Å². The molecule has 0 aliphatic carbocycles. The van der Waals surface area contributed by atoms with Crippen LogP contribution in [0.1, 0.15) is 40.0 Å². The van der Waals surface area contributed by atoms with E-state index in [9.17, 15) is 4.79 Å². The molecule has 0 unspecified atom stereocenters. The third-order valence-corrected chi connectivity index (χ3v) is 2.82. The minimum absolute atomic E-state index is 0.0858. The van der Waals surface area contributed by atoms with Crippen LogP contribution in [0.25, 0.3) is 0 Å². The van der Waals surface area contributed by atoms with Crippen LogP contribution in [0.15, 0.2) is 0 Å². The van der Waals surface area contributed by atoms with Crippen molar-refractivity contribution in [1.82, 2.24) is 4.90 Å². The standard InChI is InChI=1S/C13H25NO4/c1-13(2,3)18-12(16)14(7-4-8-15)11-5-9-17-10-6-11/h11,15H,4-10H2,1-3H3. The van der Waals surface area contributed by atoms with Crippen molar-refractivity contribution in [3.63, 3.8) is 0 Å². The highest BCUT2D eigenvalue weighted by Crippen LogP contribution is 2.18. The smallest absolute Gasteiger partial charge is 0.410 e. The summed E-state index contributed by atoms with van der Waals surface area (Å²) in [4.78, 5) is 13.9. The van der Waals surface area contributed by atoms with Crippen LogP contribution in [0.4, 0.5) is 4.79 Å². The maximum absolute atomic E-state index is 12.1. The fraction of sp³-hybridized carbons (Fsp3) is 0.923. The molecule has 1 rings (SSSR count). The molecule has 5 nitrogen and oxygen atoms in total. The number of hydrogen-bond donors (Lipinski definition) is 1. The lowest BCUT2D eigenvalue weighted by Gasteiger charge is -2.35. The number of aliphatic hydroxyl groups is 1. The van der Waals surface area contributed by atoms with E-state index in [1.807, 2.05) is 20.8 Å². The Morgan fingerprint density at radius 2 is 2.00 bits per heavy atom. The van der Waals surface area contributed by atoms with E-state index in [1.54, 1.807) is 4.90 Å². The van der Waals surface area contributed by atoms with Crippen LogP contribution < -0.4 is 0 Å². The lowest BCUT2D eigenvalue weighted by molar-refractivity contribution is -0.00674. The Morgan fingerprint density at radius 1 is 1.39 bits per heavy atom. The molecule has 0 radical (unpaired) electrons. The van der Waals surface area contributed by atoms with Crippen LogP contribution in [-0.2, 0) is 9.47 Å². The van der Waals surface area contributed by atoms with E-state index in [0.29, 0.717) is 26.2 Å². The van der Waals surface area contributed by atoms with Crippen molar-refractivity contribution >= 4 is 6.09 Å². The van der Waals surface area contributed by atoms with Crippen molar-refractivity contribution in [2.24, 2.45) is 0 Å². The summed E-state index contributed by atoms with van der Waals surface area (Å²) in [5.74, 6) is 0. The van der Waals surface area contributed by atoms with E-state index in [0.717, 1.165) is 12.8 Å². The van der Waals surface area contributed by atoms with Gasteiger partial charge in [0.1, 0.15) is 5.60 Å². The fourth-order valence-corrected chi connectivity index (χ4v) is 1.98. The molecule has 1 fully saturated rings. The van der Waals surface area contributed by atoms with Crippen molar-refractivity contribution in [2.45, 2.75) is 51.7 Å². The molecule has 18 heavy (non-hydrogen) atoms. The Morgan fingerprint density at radius 3 is 2.50 bits per heavy atom. The molecule has 1 amide bonds. The number of ether oxygens (including phenoxy) is 2. The Labute approximate surface area is 109 Å². The summed E-state index contributed by atoms with van der Waals surface area (Å²) in [6, 6.07) is 0.167. The van der Waals surface area contributed by atoms with E-state index in [4.69, 9.17) is 14.6 Å². The molecule has 1 N–H and O–H groups in total. The predicted molar refractivity (Wildman–Crippen MR) is 68.5 cm³/mol. The lowest BCUT2D eigenvalue weighted by atomic mass is 10.1. The van der Waals surface area contributed by atoms with Crippen LogP contribution in [0.5, 0.6) is 0 Å². The van der Waals surface area contributed by atoms with E-state index in [-0.39, 0.29) is 18.7 Å². The molecule has 0 spiro atoms. The number of rotatable bonds is 4. The third-order valence-electron chi connectivity index (χ3n) is 2.82. The molecular weight excluding hydrogens is 234 g/mol. The molecule has 1 aliphatic rings. The van der Waals surface area contributed by atoms with Crippen molar-refractivity contribution in [2.75, 3.05) is 26.4 Å². The highest BCUT2D eigenvalue weighted by molar-refractivity contribution is 5.68. The average Bonchev–Trinajstić information content (AvgIpc) is 2.28. The number of nitrogens with zero attached hydrogens (tertiary/aromatic N) is 1. The Bertz CT molecular complexity index is 256. The van der Waals surface area contributed by atoms with Gasteiger partial charge in [-0.15, -0.1) is 0 Å². The third kappa shape index (κ3) is 5.23. The first-order valence-electron chi connectivity index (χ1n) is 6.62. The molecule has 0 aromatic heterocycles. The second-order valence-electron chi connectivity index (χ2n) is 5.59. The van der Waals surface area contributed by atoms with Gasteiger partial charge in [-0.3, -0.25) is 0 Å². The van der Waals surface area contributed by atoms with Gasteiger partial charge in [-0.2, -0.15) is 0 Å². The van der Waals surface area contributed by atoms with Crippen molar-refractivity contribution in [3.8, 4) is 0 Å². The minimum atomic E-state index is -0.486. The van der Waals surface area contributed by atoms with Crippen LogP contribution in [0.2, 0.25) is 0 Å². The van der Waals surface area contributed by atoms with Gasteiger partial charge in [0.2, 0.25) is 0 Å². The largest absolute Gasteiger partial charge is 0.444 e. The zero-order valence-corrected chi connectivity index (χ0v) is 11.6. The average molecular weight is 259 g/mol. The normalized spacial score (nSPS) is 17.6. The van der Waals surface area contributed by atoms with Gasteiger partial charge in [0, 0.05) is 32.4 Å². The number of carbonyl (C=O) groups is 1. The minimum Gasteiger partial charge on any atom is -0.444 e. The van der Waals surface area contributed by atoms with E-state index in [2.05, 4.69) is 0 Å². The molecule has 0 saturated carbocycles. The first-order chi connectivity index (χ1) is 8.44. The lowest BCUT2D eigenvalue weighted by Crippen LogP contribution is -2.46. The van der Waals surface area contributed by atoms with Crippen molar-refractivity contribution in [1.29, 1.82) is 0 Å². The summed E-state index contributed by atoms with van der Waals surface area (Å²) in [5.41, 5.74) is -0.486. The molecule has 1 saturated heterocycles. The molecule has 0 bridgehead atoms. The maximum Gasteiger partial charge on any atom is 0.410 e. The summed E-state index contributed by atoms with van der Waals surface area (Å²) >= 11 is 0. The first kappa shape index (κ1) is 15.2. The molecule has 1 aliphatic heterocycles. The number of aliphatic hydroxyl groups excluding tert-OH is 1. The molecule has 0 aromatic rings. The van der Waals surface area contributed by atoms with Crippen LogP contribution in [0.3, 0.4) is 0 Å². The van der Waals surface area contributed by atoms with E-state index < -0.39 is 5.60 Å². The summed E-state index contributed by atoms with van der Waals surface area (Å²) < 4.78 is 10.7. The van der Waals surface area contributed by atoms with E-state index in [1.165, 1.54) is 0 Å². The van der Waals surface area contributed by atoms with Gasteiger partial charge >= 0.3 is 6.09 Å². The fourth-order valence-electron chi connectivity index (χ4n) is 1.98. The molecule has 1 heterocycles. The Balaban J connectivity index is 2.60. The molecule has 0 aromatic carbocycles. The van der Waals surface area contributed by atoms with Crippen molar-refractivity contribution in [3.05, 3.63) is 0 Å². The highest BCUT2D eigenvalue weighted by Gasteiger charge is 2.29. The second kappa shape index (κ2) is 6.95. The second-order valence-corrected chi connectivity index (χ2v) is 5.59. The molecule has 5 heteroatoms. The van der Waals surface area contributed by atoms with Gasteiger partial charge in [0.05, 0.1) is 0 Å². The van der Waals surface area contributed by atoms with E-state index >= 15 is 0 Å². The van der Waals surface area contributed by atoms with Gasteiger partial charge in [-0.25, -0.2) is 4.79 Å². The molecule has 106 valence electrons. The van der Waals surface area contributed by atoms with Gasteiger partial charge in [0.25, 0.3) is 0 Å². The molecule has 0 atom stereocenters. The number of hydrogen-bond acceptors (Lipinski definition) is 4. The highest BCUT2D eigenvalue weighted by atomic mass is 16.6. The number of amides is 1. The van der Waals surface area contributed by atoms with Crippen molar-refractivity contribution < 1.29 is 19.4 Å². The summed E-state index contributed by atoms with van der Waals surface area (Å²) in [6.07, 6.45) is 1.97. The van der Waals surface area contributed by atoms with Gasteiger partial charge < -0.3 is 19.5 Å². The quantitative estimate of drug-likeness (QED) is 0.836. The zero-order valence-electron chi connectivity index (χ0n) is 11.6. The Kier molecular flexibility index (Phi) is 5.88. The summed E-state index contributed by atoms with van der Waals surface area (Å²) in [7, 11) is 0. The first-order valence-corrected chi connectivity index (χ1v) is 6.62. The zero-order chi connectivity index (χ0) is 13.6. The maximum atomic E-state index is 12.1. The van der Waals surface area contributed by atoms with Crippen LogP contribution in [0, 0.1) is 0 Å². The van der Waals surface area contributed by atoms with Gasteiger partial charge in [0.15, 0.2) is 0 Å². The summed E-state index contributed by atoms with van der Waals surface area (Å²) in [5, 5.41) is 8.92. The number of carbonyl (C=O) groups excluding carboxylic acids is 1. The topological polar surface area (TPSA) is 59.0 Å². The SMILES string of the molecule is CC(C)(C)OC(=O)N(CCCO)C1CCOCC1. The Hall–Kier alpha value is -0.810. The van der Waals surface area contributed by atoms with Crippen LogP contribution in [-0.4, -0.2) is 54.1 Å². The van der Waals surface area contributed by atoms with Crippen LogP contribution >= 0.6 is 0 Å². The molecular formula is C13H25NO4.